The van der Waals surface area contributed by atoms with Crippen molar-refractivity contribution < 1.29 is 4.79 Å². The Morgan fingerprint density at radius 3 is 2.92 bits per heavy atom. The Labute approximate surface area is 150 Å². The molecule has 1 aromatic rings. The van der Waals surface area contributed by atoms with Gasteiger partial charge in [-0.15, -0.1) is 0 Å². The number of rotatable bonds is 7. The van der Waals surface area contributed by atoms with Crippen LogP contribution in [0, 0.1) is 24.2 Å². The molecule has 1 aliphatic rings. The van der Waals surface area contributed by atoms with Gasteiger partial charge in [-0.1, -0.05) is 19.9 Å². The van der Waals surface area contributed by atoms with Crippen LogP contribution >= 0.6 is 0 Å². The van der Waals surface area contributed by atoms with E-state index in [4.69, 9.17) is 0 Å². The zero-order valence-corrected chi connectivity index (χ0v) is 15.7. The van der Waals surface area contributed by atoms with Crippen molar-refractivity contribution in [2.45, 2.75) is 52.1 Å². The van der Waals surface area contributed by atoms with Crippen LogP contribution in [-0.4, -0.2) is 47.0 Å². The van der Waals surface area contributed by atoms with Crippen LogP contribution in [0.25, 0.3) is 0 Å². The standard InChI is InChI=1S/C19H29N5O/c1-14(2)19(4,13-20)23-18(25)12-24-10-6-8-16(24)11-21-17-9-5-7-15(3)22-17/h5,7,9,14,16H,6,8,10-12H2,1-4H3,(H,21,22)(H,23,25)/t16-,19-/m1/s1. The molecule has 136 valence electrons. The SMILES string of the molecule is Cc1cccc(NC[C@H]2CCCN2CC(=O)N[C@](C)(C#N)C(C)C)n1. The lowest BCUT2D eigenvalue weighted by atomic mass is 9.90. The van der Waals surface area contributed by atoms with Crippen LogP contribution in [-0.2, 0) is 4.79 Å². The number of likely N-dealkylation sites (tertiary alicyclic amines) is 1. The molecule has 0 radical (unpaired) electrons. The highest BCUT2D eigenvalue weighted by molar-refractivity contribution is 5.79. The van der Waals surface area contributed by atoms with Crippen molar-refractivity contribution in [2.24, 2.45) is 5.92 Å². The third kappa shape index (κ3) is 5.17. The number of nitrogens with one attached hydrogen (secondary N) is 2. The molecule has 1 saturated heterocycles. The van der Waals surface area contributed by atoms with Gasteiger partial charge in [0, 0.05) is 18.3 Å². The molecule has 0 spiro atoms. The van der Waals surface area contributed by atoms with Crippen molar-refractivity contribution in [3.8, 4) is 6.07 Å². The maximum Gasteiger partial charge on any atom is 0.235 e. The minimum absolute atomic E-state index is 0.0601. The molecule has 6 nitrogen and oxygen atoms in total. The number of aryl methyl sites for hydroxylation is 1. The summed E-state index contributed by atoms with van der Waals surface area (Å²) in [6, 6.07) is 8.45. The first-order valence-corrected chi connectivity index (χ1v) is 8.98. The molecule has 2 atom stereocenters. The van der Waals surface area contributed by atoms with Gasteiger partial charge < -0.3 is 10.6 Å². The number of hydrogen-bond donors (Lipinski definition) is 2. The fourth-order valence-electron chi connectivity index (χ4n) is 3.01. The molecular weight excluding hydrogens is 314 g/mol. The quantitative estimate of drug-likeness (QED) is 0.794. The molecule has 2 N–H and O–H groups in total. The van der Waals surface area contributed by atoms with Crippen molar-refractivity contribution in [3.05, 3.63) is 23.9 Å². The summed E-state index contributed by atoms with van der Waals surface area (Å²) in [7, 11) is 0. The first kappa shape index (κ1) is 19.2. The average Bonchev–Trinajstić information content (AvgIpc) is 2.99. The number of carbonyl (C=O) groups excluding carboxylic acids is 1. The highest BCUT2D eigenvalue weighted by Crippen LogP contribution is 2.19. The molecule has 1 aliphatic heterocycles. The zero-order valence-electron chi connectivity index (χ0n) is 15.7. The lowest BCUT2D eigenvalue weighted by molar-refractivity contribution is -0.124. The predicted octanol–water partition coefficient (Wildman–Crippen LogP) is 2.32. The second kappa shape index (κ2) is 8.30. The van der Waals surface area contributed by atoms with Crippen molar-refractivity contribution in [1.82, 2.24) is 15.2 Å². The van der Waals surface area contributed by atoms with Crippen LogP contribution in [0.1, 0.15) is 39.3 Å². The smallest absolute Gasteiger partial charge is 0.235 e. The number of amides is 1. The number of pyridine rings is 1. The third-order valence-corrected chi connectivity index (χ3v) is 5.04. The number of carbonyl (C=O) groups is 1. The van der Waals surface area contributed by atoms with Crippen LogP contribution < -0.4 is 10.6 Å². The maximum absolute atomic E-state index is 12.4. The number of aromatic nitrogens is 1. The number of nitrogens with zero attached hydrogens (tertiary/aromatic N) is 3. The molecule has 1 amide bonds. The molecule has 0 unspecified atom stereocenters. The molecule has 0 bridgehead atoms. The Hall–Kier alpha value is -2.13. The van der Waals surface area contributed by atoms with E-state index in [1.54, 1.807) is 6.92 Å². The van der Waals surface area contributed by atoms with E-state index >= 15 is 0 Å². The lowest BCUT2D eigenvalue weighted by Gasteiger charge is -2.30. The molecule has 2 heterocycles. The maximum atomic E-state index is 12.4. The summed E-state index contributed by atoms with van der Waals surface area (Å²) in [5.41, 5.74) is 0.160. The van der Waals surface area contributed by atoms with E-state index in [-0.39, 0.29) is 11.8 Å². The highest BCUT2D eigenvalue weighted by atomic mass is 16.2. The summed E-state index contributed by atoms with van der Waals surface area (Å²) in [5, 5.41) is 15.6. The second-order valence-corrected chi connectivity index (χ2v) is 7.33. The first-order chi connectivity index (χ1) is 11.8. The summed E-state index contributed by atoms with van der Waals surface area (Å²) >= 11 is 0. The van der Waals surface area contributed by atoms with Crippen molar-refractivity contribution in [2.75, 3.05) is 25.0 Å². The van der Waals surface area contributed by atoms with Gasteiger partial charge in [-0.05, 0) is 51.3 Å². The third-order valence-electron chi connectivity index (χ3n) is 5.04. The molecular formula is C19H29N5O. The summed E-state index contributed by atoms with van der Waals surface area (Å²) < 4.78 is 0. The molecule has 0 aromatic carbocycles. The Morgan fingerprint density at radius 2 is 2.28 bits per heavy atom. The van der Waals surface area contributed by atoms with E-state index in [9.17, 15) is 10.1 Å². The minimum atomic E-state index is -0.823. The molecule has 0 saturated carbocycles. The molecule has 1 aromatic heterocycles. The molecule has 2 rings (SSSR count). The van der Waals surface area contributed by atoms with Crippen LogP contribution in [0.4, 0.5) is 5.82 Å². The monoisotopic (exact) mass is 343 g/mol. The summed E-state index contributed by atoms with van der Waals surface area (Å²) in [6.45, 7) is 9.65. The van der Waals surface area contributed by atoms with Gasteiger partial charge in [-0.3, -0.25) is 9.69 Å². The van der Waals surface area contributed by atoms with E-state index in [0.717, 1.165) is 37.4 Å². The highest BCUT2D eigenvalue weighted by Gasteiger charge is 2.32. The Balaban J connectivity index is 1.88. The van der Waals surface area contributed by atoms with Crippen LogP contribution in [0.3, 0.4) is 0 Å². The van der Waals surface area contributed by atoms with Gasteiger partial charge in [0.1, 0.15) is 11.4 Å². The average molecular weight is 343 g/mol. The number of anilines is 1. The molecule has 6 heteroatoms. The summed E-state index contributed by atoms with van der Waals surface area (Å²) in [4.78, 5) is 19.1. The fraction of sp³-hybridized carbons (Fsp3) is 0.632. The van der Waals surface area contributed by atoms with Gasteiger partial charge in [-0.25, -0.2) is 4.98 Å². The Morgan fingerprint density at radius 1 is 1.52 bits per heavy atom. The number of hydrogen-bond acceptors (Lipinski definition) is 5. The minimum Gasteiger partial charge on any atom is -0.368 e. The van der Waals surface area contributed by atoms with E-state index in [0.29, 0.717) is 12.6 Å². The van der Waals surface area contributed by atoms with Crippen molar-refractivity contribution in [3.63, 3.8) is 0 Å². The van der Waals surface area contributed by atoms with E-state index in [2.05, 4.69) is 26.6 Å². The normalized spacial score (nSPS) is 20.1. The van der Waals surface area contributed by atoms with Crippen molar-refractivity contribution >= 4 is 11.7 Å². The molecule has 25 heavy (non-hydrogen) atoms. The molecule has 1 fully saturated rings. The van der Waals surface area contributed by atoms with Gasteiger partial charge in [0.15, 0.2) is 0 Å². The fourth-order valence-corrected chi connectivity index (χ4v) is 3.01. The topological polar surface area (TPSA) is 81.0 Å². The van der Waals surface area contributed by atoms with Crippen LogP contribution in [0.5, 0.6) is 0 Å². The van der Waals surface area contributed by atoms with Crippen LogP contribution in [0.2, 0.25) is 0 Å². The lowest BCUT2D eigenvalue weighted by Crippen LogP contribution is -2.52. The first-order valence-electron chi connectivity index (χ1n) is 8.98. The number of nitriles is 1. The van der Waals surface area contributed by atoms with Crippen molar-refractivity contribution in [1.29, 1.82) is 5.26 Å². The van der Waals surface area contributed by atoms with E-state index < -0.39 is 5.54 Å². The van der Waals surface area contributed by atoms with Crippen LogP contribution in [0.15, 0.2) is 18.2 Å². The van der Waals surface area contributed by atoms with Gasteiger partial charge in [0.2, 0.25) is 5.91 Å². The van der Waals surface area contributed by atoms with E-state index in [1.807, 2.05) is 39.0 Å². The van der Waals surface area contributed by atoms with Gasteiger partial charge in [0.05, 0.1) is 12.6 Å². The Kier molecular flexibility index (Phi) is 6.38. The van der Waals surface area contributed by atoms with Gasteiger partial charge >= 0.3 is 0 Å². The second-order valence-electron chi connectivity index (χ2n) is 7.33. The predicted molar refractivity (Wildman–Crippen MR) is 99.1 cm³/mol. The molecule has 0 aliphatic carbocycles. The van der Waals surface area contributed by atoms with E-state index in [1.165, 1.54) is 0 Å². The zero-order chi connectivity index (χ0) is 18.4. The Bertz CT molecular complexity index is 639. The summed E-state index contributed by atoms with van der Waals surface area (Å²) in [5.74, 6) is 0.844. The van der Waals surface area contributed by atoms with Gasteiger partial charge in [0.25, 0.3) is 0 Å². The van der Waals surface area contributed by atoms with Gasteiger partial charge in [-0.2, -0.15) is 5.26 Å². The largest absolute Gasteiger partial charge is 0.368 e. The summed E-state index contributed by atoms with van der Waals surface area (Å²) in [6.07, 6.45) is 2.15.